The Bertz CT molecular complexity index is 742. The number of ether oxygens (including phenoxy) is 1. The molecule has 0 radical (unpaired) electrons. The minimum Gasteiger partial charge on any atom is -0.492 e. The maximum atomic E-state index is 5.63. The second-order valence-electron chi connectivity index (χ2n) is 4.84. The summed E-state index contributed by atoms with van der Waals surface area (Å²) < 4.78 is 7.65. The largest absolute Gasteiger partial charge is 0.492 e. The normalized spacial score (nSPS) is 11.1. The van der Waals surface area contributed by atoms with Gasteiger partial charge in [-0.2, -0.15) is 0 Å². The number of halogens is 1. The lowest BCUT2D eigenvalue weighted by atomic mass is 10.3. The molecule has 3 aromatic rings. The van der Waals surface area contributed by atoms with Crippen LogP contribution in [0.25, 0.3) is 4.96 Å². The number of nitrogens with one attached hydrogen (secondary N) is 2. The molecule has 8 heteroatoms. The fourth-order valence-electron chi connectivity index (χ4n) is 2.11. The van der Waals surface area contributed by atoms with Gasteiger partial charge in [0.15, 0.2) is 10.9 Å². The van der Waals surface area contributed by atoms with Crippen molar-refractivity contribution in [1.29, 1.82) is 0 Å². The van der Waals surface area contributed by atoms with Gasteiger partial charge >= 0.3 is 0 Å². The molecule has 0 saturated carbocycles. The highest BCUT2D eigenvalue weighted by Gasteiger charge is 2.03. The summed E-state index contributed by atoms with van der Waals surface area (Å²) in [7, 11) is 1.75. The lowest BCUT2D eigenvalue weighted by Crippen LogP contribution is -2.38. The van der Waals surface area contributed by atoms with E-state index in [1.165, 1.54) is 0 Å². The Morgan fingerprint density at radius 2 is 2.12 bits per heavy atom. The summed E-state index contributed by atoms with van der Waals surface area (Å²) in [6.45, 7) is 1.88. The number of hydrogen-bond donors (Lipinski definition) is 2. The highest BCUT2D eigenvalue weighted by atomic mass is 127. The van der Waals surface area contributed by atoms with Crippen LogP contribution < -0.4 is 15.4 Å². The van der Waals surface area contributed by atoms with Crippen LogP contribution in [-0.2, 0) is 6.54 Å². The predicted molar refractivity (Wildman–Crippen MR) is 109 cm³/mol. The molecule has 0 aliphatic rings. The van der Waals surface area contributed by atoms with E-state index in [2.05, 4.69) is 20.6 Å². The van der Waals surface area contributed by atoms with Gasteiger partial charge in [-0.25, -0.2) is 4.98 Å². The van der Waals surface area contributed by atoms with Crippen molar-refractivity contribution in [1.82, 2.24) is 20.0 Å². The first-order chi connectivity index (χ1) is 11.3. The third kappa shape index (κ3) is 5.10. The fraction of sp³-hybridized carbons (Fsp3) is 0.250. The molecule has 0 spiro atoms. The number of aromatic nitrogens is 2. The lowest BCUT2D eigenvalue weighted by Gasteiger charge is -2.11. The maximum Gasteiger partial charge on any atom is 0.193 e. The Morgan fingerprint density at radius 1 is 1.29 bits per heavy atom. The molecule has 0 saturated heterocycles. The molecule has 6 nitrogen and oxygen atoms in total. The Labute approximate surface area is 162 Å². The van der Waals surface area contributed by atoms with Crippen LogP contribution in [0.1, 0.15) is 5.69 Å². The van der Waals surface area contributed by atoms with Crippen LogP contribution >= 0.6 is 35.3 Å². The molecule has 2 N–H and O–H groups in total. The van der Waals surface area contributed by atoms with E-state index in [1.807, 2.05) is 52.5 Å². The number of rotatable bonds is 6. The van der Waals surface area contributed by atoms with Gasteiger partial charge in [0.25, 0.3) is 0 Å². The zero-order valence-corrected chi connectivity index (χ0v) is 16.5. The first-order valence-electron chi connectivity index (χ1n) is 7.38. The molecular formula is C16H20IN5OS. The molecule has 1 aromatic carbocycles. The molecule has 0 aliphatic heterocycles. The summed E-state index contributed by atoms with van der Waals surface area (Å²) in [4.78, 5) is 9.72. The van der Waals surface area contributed by atoms with Crippen molar-refractivity contribution in [2.45, 2.75) is 6.54 Å². The zero-order valence-electron chi connectivity index (χ0n) is 13.3. The van der Waals surface area contributed by atoms with E-state index in [9.17, 15) is 0 Å². The average molecular weight is 457 g/mol. The topological polar surface area (TPSA) is 63.0 Å². The Balaban J connectivity index is 0.00000208. The number of aliphatic imine (C=N–C) groups is 1. The molecule has 0 atom stereocenters. The smallest absolute Gasteiger partial charge is 0.193 e. The molecule has 0 aliphatic carbocycles. The van der Waals surface area contributed by atoms with Gasteiger partial charge in [0.05, 0.1) is 18.8 Å². The summed E-state index contributed by atoms with van der Waals surface area (Å²) in [5.74, 6) is 1.60. The van der Waals surface area contributed by atoms with Gasteiger partial charge in [0.1, 0.15) is 12.4 Å². The van der Waals surface area contributed by atoms with Gasteiger partial charge in [-0.15, -0.1) is 35.3 Å². The number of fused-ring (bicyclic) bond motifs is 1. The van der Waals surface area contributed by atoms with Gasteiger partial charge in [-0.05, 0) is 12.1 Å². The van der Waals surface area contributed by atoms with Gasteiger partial charge < -0.3 is 15.4 Å². The number of guanidine groups is 1. The first-order valence-corrected chi connectivity index (χ1v) is 8.26. The van der Waals surface area contributed by atoms with Crippen LogP contribution in [0.4, 0.5) is 0 Å². The second-order valence-corrected chi connectivity index (χ2v) is 5.71. The molecule has 128 valence electrons. The fourth-order valence-corrected chi connectivity index (χ4v) is 2.83. The van der Waals surface area contributed by atoms with E-state index < -0.39 is 0 Å². The van der Waals surface area contributed by atoms with Crippen molar-refractivity contribution in [2.75, 3.05) is 20.2 Å². The van der Waals surface area contributed by atoms with Crippen molar-refractivity contribution in [3.8, 4) is 5.75 Å². The average Bonchev–Trinajstić information content (AvgIpc) is 3.16. The molecule has 3 rings (SSSR count). The Hall–Kier alpha value is -1.81. The van der Waals surface area contributed by atoms with Crippen molar-refractivity contribution in [3.63, 3.8) is 0 Å². The third-order valence-corrected chi connectivity index (χ3v) is 3.98. The van der Waals surface area contributed by atoms with Crippen LogP contribution in [0.15, 0.2) is 53.1 Å². The van der Waals surface area contributed by atoms with E-state index in [4.69, 9.17) is 4.74 Å². The standard InChI is InChI=1S/C16H19N5OS.HI/c1-17-15(18-7-9-22-14-5-3-2-4-6-14)19-11-13-12-21-8-10-23-16(21)20-13;/h2-6,8,10,12H,7,9,11H2,1H3,(H2,17,18,19);1H. The van der Waals surface area contributed by atoms with Crippen molar-refractivity contribution < 1.29 is 4.74 Å². The number of benzene rings is 1. The summed E-state index contributed by atoms with van der Waals surface area (Å²) in [6, 6.07) is 9.77. The summed E-state index contributed by atoms with van der Waals surface area (Å²) in [6.07, 6.45) is 4.02. The zero-order chi connectivity index (χ0) is 15.9. The summed E-state index contributed by atoms with van der Waals surface area (Å²) in [5, 5.41) is 8.49. The Kier molecular flexibility index (Phi) is 7.32. The van der Waals surface area contributed by atoms with E-state index in [0.717, 1.165) is 22.4 Å². The van der Waals surface area contributed by atoms with Crippen molar-refractivity contribution in [3.05, 3.63) is 53.8 Å². The van der Waals surface area contributed by atoms with Gasteiger partial charge in [-0.3, -0.25) is 9.39 Å². The van der Waals surface area contributed by atoms with E-state index in [-0.39, 0.29) is 24.0 Å². The van der Waals surface area contributed by atoms with Gasteiger partial charge in [0.2, 0.25) is 0 Å². The number of nitrogens with zero attached hydrogens (tertiary/aromatic N) is 3. The monoisotopic (exact) mass is 457 g/mol. The predicted octanol–water partition coefficient (Wildman–Crippen LogP) is 2.76. The molecular weight excluding hydrogens is 437 g/mol. The minimum atomic E-state index is 0. The Morgan fingerprint density at radius 3 is 2.88 bits per heavy atom. The summed E-state index contributed by atoms with van der Waals surface area (Å²) in [5.41, 5.74) is 0.986. The molecule has 0 bridgehead atoms. The van der Waals surface area contributed by atoms with Crippen molar-refractivity contribution in [2.24, 2.45) is 4.99 Å². The maximum absolute atomic E-state index is 5.63. The van der Waals surface area contributed by atoms with E-state index in [0.29, 0.717) is 19.7 Å². The van der Waals surface area contributed by atoms with Crippen LogP contribution in [0.2, 0.25) is 0 Å². The van der Waals surface area contributed by atoms with Crippen LogP contribution in [0.3, 0.4) is 0 Å². The summed E-state index contributed by atoms with van der Waals surface area (Å²) >= 11 is 1.62. The van der Waals surface area contributed by atoms with E-state index >= 15 is 0 Å². The van der Waals surface area contributed by atoms with Crippen LogP contribution in [-0.4, -0.2) is 35.5 Å². The number of thiazole rings is 1. The highest BCUT2D eigenvalue weighted by Crippen LogP contribution is 2.11. The molecule has 2 aromatic heterocycles. The van der Waals surface area contributed by atoms with Crippen molar-refractivity contribution >= 4 is 46.2 Å². The number of para-hydroxylation sites is 1. The van der Waals surface area contributed by atoms with Gasteiger partial charge in [0, 0.05) is 24.8 Å². The van der Waals surface area contributed by atoms with Crippen LogP contribution in [0.5, 0.6) is 5.75 Å². The lowest BCUT2D eigenvalue weighted by molar-refractivity contribution is 0.322. The molecule has 0 amide bonds. The van der Waals surface area contributed by atoms with Gasteiger partial charge in [-0.1, -0.05) is 18.2 Å². The molecule has 0 unspecified atom stereocenters. The van der Waals surface area contributed by atoms with E-state index in [1.54, 1.807) is 18.4 Å². The molecule has 2 heterocycles. The SMILES string of the molecule is CN=C(NCCOc1ccccc1)NCc1cn2ccsc2n1.I. The number of hydrogen-bond acceptors (Lipinski definition) is 4. The first kappa shape index (κ1) is 18.5. The minimum absolute atomic E-state index is 0. The number of imidazole rings is 1. The highest BCUT2D eigenvalue weighted by molar-refractivity contribution is 14.0. The molecule has 0 fully saturated rings. The second kappa shape index (κ2) is 9.48. The third-order valence-electron chi connectivity index (χ3n) is 3.21. The van der Waals surface area contributed by atoms with Crippen LogP contribution in [0, 0.1) is 0 Å². The quantitative estimate of drug-likeness (QED) is 0.259. The molecule has 24 heavy (non-hydrogen) atoms.